The third-order valence-corrected chi connectivity index (χ3v) is 4.75. The second kappa shape index (κ2) is 8.43. The van der Waals surface area contributed by atoms with Gasteiger partial charge in [0.15, 0.2) is 0 Å². The topological polar surface area (TPSA) is 58.6 Å². The first kappa shape index (κ1) is 18.5. The smallest absolute Gasteiger partial charge is 0.410 e. The number of likely N-dealkylation sites (tertiary alicyclic amines) is 1. The van der Waals surface area contributed by atoms with E-state index < -0.39 is 12.1 Å². The van der Waals surface area contributed by atoms with Gasteiger partial charge in [-0.1, -0.05) is 53.5 Å². The molecule has 7 heteroatoms. The number of carbonyl (C=O) groups is 2. The number of nitrogens with one attached hydrogen (secondary N) is 1. The van der Waals surface area contributed by atoms with Crippen LogP contribution in [0, 0.1) is 0 Å². The van der Waals surface area contributed by atoms with Crippen molar-refractivity contribution < 1.29 is 14.3 Å². The molecule has 1 aliphatic heterocycles. The molecule has 26 heavy (non-hydrogen) atoms. The van der Waals surface area contributed by atoms with Crippen LogP contribution in [0.25, 0.3) is 0 Å². The van der Waals surface area contributed by atoms with Crippen LogP contribution >= 0.6 is 23.2 Å². The summed E-state index contributed by atoms with van der Waals surface area (Å²) >= 11 is 12.0. The number of ether oxygens (including phenoxy) is 1. The van der Waals surface area contributed by atoms with Crippen molar-refractivity contribution in [2.45, 2.75) is 25.5 Å². The third kappa shape index (κ3) is 4.48. The van der Waals surface area contributed by atoms with Crippen LogP contribution in [-0.4, -0.2) is 29.5 Å². The fourth-order valence-electron chi connectivity index (χ4n) is 2.87. The number of anilines is 1. The van der Waals surface area contributed by atoms with Gasteiger partial charge in [0.05, 0.1) is 10.7 Å². The van der Waals surface area contributed by atoms with E-state index in [0.29, 0.717) is 28.7 Å². The van der Waals surface area contributed by atoms with Crippen molar-refractivity contribution in [3.05, 3.63) is 64.1 Å². The maximum atomic E-state index is 12.6. The minimum absolute atomic E-state index is 0.171. The summed E-state index contributed by atoms with van der Waals surface area (Å²) in [5, 5.41) is 3.60. The van der Waals surface area contributed by atoms with E-state index in [4.69, 9.17) is 27.9 Å². The molecular weight excluding hydrogens is 375 g/mol. The summed E-state index contributed by atoms with van der Waals surface area (Å²) in [5.74, 6) is -0.302. The molecule has 2 aromatic carbocycles. The minimum atomic E-state index is -0.590. The zero-order chi connectivity index (χ0) is 18.5. The number of hydrogen-bond donors (Lipinski definition) is 1. The van der Waals surface area contributed by atoms with Crippen LogP contribution in [0.4, 0.5) is 10.5 Å². The Morgan fingerprint density at radius 1 is 1.15 bits per heavy atom. The average molecular weight is 393 g/mol. The SMILES string of the molecule is O=C(Nc1cc(Cl)ccc1Cl)C1CCCN1C(=O)OCc1ccccc1. The molecule has 1 N–H and O–H groups in total. The van der Waals surface area contributed by atoms with E-state index in [-0.39, 0.29) is 12.5 Å². The first-order chi connectivity index (χ1) is 12.5. The van der Waals surface area contributed by atoms with Crippen LogP contribution in [0.15, 0.2) is 48.5 Å². The number of nitrogens with zero attached hydrogens (tertiary/aromatic N) is 1. The molecule has 0 radical (unpaired) electrons. The van der Waals surface area contributed by atoms with Gasteiger partial charge in [-0.25, -0.2) is 4.79 Å². The molecule has 1 aliphatic rings. The molecule has 0 spiro atoms. The first-order valence-corrected chi connectivity index (χ1v) is 9.03. The maximum Gasteiger partial charge on any atom is 0.410 e. The van der Waals surface area contributed by atoms with E-state index in [1.807, 2.05) is 30.3 Å². The summed E-state index contributed by atoms with van der Waals surface area (Å²) < 4.78 is 5.35. The van der Waals surface area contributed by atoms with Gasteiger partial charge < -0.3 is 10.1 Å². The van der Waals surface area contributed by atoms with Crippen LogP contribution in [0.3, 0.4) is 0 Å². The van der Waals surface area contributed by atoms with Crippen LogP contribution in [0.1, 0.15) is 18.4 Å². The lowest BCUT2D eigenvalue weighted by atomic mass is 10.2. The highest BCUT2D eigenvalue weighted by atomic mass is 35.5. The van der Waals surface area contributed by atoms with E-state index in [1.54, 1.807) is 18.2 Å². The average Bonchev–Trinajstić information content (AvgIpc) is 3.13. The third-order valence-electron chi connectivity index (χ3n) is 4.18. The molecule has 1 heterocycles. The molecule has 0 saturated carbocycles. The lowest BCUT2D eigenvalue weighted by molar-refractivity contribution is -0.120. The Hall–Kier alpha value is -2.24. The molecule has 1 atom stereocenters. The number of rotatable bonds is 4. The highest BCUT2D eigenvalue weighted by Gasteiger charge is 2.35. The summed E-state index contributed by atoms with van der Waals surface area (Å²) in [6.45, 7) is 0.652. The Kier molecular flexibility index (Phi) is 6.01. The Morgan fingerprint density at radius 3 is 2.69 bits per heavy atom. The molecule has 3 rings (SSSR count). The Bertz CT molecular complexity index is 799. The monoisotopic (exact) mass is 392 g/mol. The first-order valence-electron chi connectivity index (χ1n) is 8.28. The summed E-state index contributed by atoms with van der Waals surface area (Å²) in [6.07, 6.45) is 0.815. The molecule has 0 aliphatic carbocycles. The van der Waals surface area contributed by atoms with Gasteiger partial charge in [0, 0.05) is 11.6 Å². The van der Waals surface area contributed by atoms with Crippen molar-refractivity contribution in [3.63, 3.8) is 0 Å². The summed E-state index contributed by atoms with van der Waals surface area (Å²) in [7, 11) is 0. The van der Waals surface area contributed by atoms with E-state index in [2.05, 4.69) is 5.32 Å². The van der Waals surface area contributed by atoms with E-state index in [1.165, 1.54) is 4.90 Å². The zero-order valence-electron chi connectivity index (χ0n) is 14.0. The zero-order valence-corrected chi connectivity index (χ0v) is 15.5. The molecule has 2 amide bonds. The van der Waals surface area contributed by atoms with Gasteiger partial charge in [0.25, 0.3) is 0 Å². The highest BCUT2D eigenvalue weighted by Crippen LogP contribution is 2.27. The maximum absolute atomic E-state index is 12.6. The summed E-state index contributed by atoms with van der Waals surface area (Å²) in [5.41, 5.74) is 1.32. The van der Waals surface area contributed by atoms with Gasteiger partial charge in [-0.15, -0.1) is 0 Å². The number of hydrogen-bond acceptors (Lipinski definition) is 3. The molecular formula is C19H18Cl2N2O3. The number of carbonyl (C=O) groups excluding carboxylic acids is 2. The van der Waals surface area contributed by atoms with Crippen molar-refractivity contribution in [3.8, 4) is 0 Å². The Balaban J connectivity index is 1.62. The van der Waals surface area contributed by atoms with E-state index in [0.717, 1.165) is 12.0 Å². The van der Waals surface area contributed by atoms with E-state index >= 15 is 0 Å². The van der Waals surface area contributed by atoms with Crippen molar-refractivity contribution in [2.24, 2.45) is 0 Å². The second-order valence-electron chi connectivity index (χ2n) is 6.01. The van der Waals surface area contributed by atoms with Gasteiger partial charge in [-0.05, 0) is 36.6 Å². The Labute approximate surface area is 161 Å². The fourth-order valence-corrected chi connectivity index (χ4v) is 3.21. The van der Waals surface area contributed by atoms with Crippen molar-refractivity contribution in [2.75, 3.05) is 11.9 Å². The standard InChI is InChI=1S/C19H18Cl2N2O3/c20-14-8-9-15(21)16(11-14)22-18(24)17-7-4-10-23(17)19(25)26-12-13-5-2-1-3-6-13/h1-3,5-6,8-9,11,17H,4,7,10,12H2,(H,22,24). The number of amides is 2. The predicted octanol–water partition coefficient (Wildman–Crippen LogP) is 4.73. The van der Waals surface area contributed by atoms with Crippen LogP contribution < -0.4 is 5.32 Å². The largest absolute Gasteiger partial charge is 0.445 e. The van der Waals surface area contributed by atoms with Gasteiger partial charge >= 0.3 is 6.09 Å². The Morgan fingerprint density at radius 2 is 1.92 bits per heavy atom. The molecule has 0 aromatic heterocycles. The number of benzene rings is 2. The van der Waals surface area contributed by atoms with E-state index in [9.17, 15) is 9.59 Å². The molecule has 1 fully saturated rings. The molecule has 2 aromatic rings. The molecule has 5 nitrogen and oxygen atoms in total. The van der Waals surface area contributed by atoms with Crippen LogP contribution in [0.5, 0.6) is 0 Å². The van der Waals surface area contributed by atoms with Crippen LogP contribution in [-0.2, 0) is 16.1 Å². The van der Waals surface area contributed by atoms with Gasteiger partial charge in [0.1, 0.15) is 12.6 Å². The molecule has 1 unspecified atom stereocenters. The molecule has 0 bridgehead atoms. The highest BCUT2D eigenvalue weighted by molar-refractivity contribution is 6.35. The normalized spacial score (nSPS) is 16.4. The quantitative estimate of drug-likeness (QED) is 0.817. The predicted molar refractivity (Wildman–Crippen MR) is 101 cm³/mol. The van der Waals surface area contributed by atoms with Gasteiger partial charge in [0.2, 0.25) is 5.91 Å². The minimum Gasteiger partial charge on any atom is -0.445 e. The van der Waals surface area contributed by atoms with Crippen molar-refractivity contribution >= 4 is 40.9 Å². The van der Waals surface area contributed by atoms with Crippen molar-refractivity contribution in [1.29, 1.82) is 0 Å². The number of halogens is 2. The fraction of sp³-hybridized carbons (Fsp3) is 0.263. The molecule has 1 saturated heterocycles. The van der Waals surface area contributed by atoms with Gasteiger partial charge in [-0.3, -0.25) is 9.69 Å². The second-order valence-corrected chi connectivity index (χ2v) is 6.85. The van der Waals surface area contributed by atoms with Crippen molar-refractivity contribution in [1.82, 2.24) is 4.90 Å². The molecule has 136 valence electrons. The van der Waals surface area contributed by atoms with Gasteiger partial charge in [-0.2, -0.15) is 0 Å². The lowest BCUT2D eigenvalue weighted by Gasteiger charge is -2.23. The lowest BCUT2D eigenvalue weighted by Crippen LogP contribution is -2.43. The summed E-state index contributed by atoms with van der Waals surface area (Å²) in [4.78, 5) is 26.4. The van der Waals surface area contributed by atoms with Crippen LogP contribution in [0.2, 0.25) is 10.0 Å². The summed E-state index contributed by atoms with van der Waals surface area (Å²) in [6, 6.07) is 13.7.